The van der Waals surface area contributed by atoms with E-state index in [1.54, 1.807) is 0 Å². The van der Waals surface area contributed by atoms with Gasteiger partial charge in [0.15, 0.2) is 5.82 Å². The van der Waals surface area contributed by atoms with E-state index in [9.17, 15) is 4.79 Å². The van der Waals surface area contributed by atoms with Gasteiger partial charge in [-0.05, 0) is 54.6 Å². The van der Waals surface area contributed by atoms with Crippen LogP contribution in [0, 0.1) is 0 Å². The lowest BCUT2D eigenvalue weighted by Crippen LogP contribution is -2.59. The van der Waals surface area contributed by atoms with E-state index in [0.717, 1.165) is 28.5 Å². The molecule has 164 valence electrons. The highest BCUT2D eigenvalue weighted by molar-refractivity contribution is 5.89. The summed E-state index contributed by atoms with van der Waals surface area (Å²) >= 11 is 0. The molecule has 8 heteroatoms. The molecule has 1 amide bonds. The van der Waals surface area contributed by atoms with Gasteiger partial charge in [0, 0.05) is 18.8 Å². The summed E-state index contributed by atoms with van der Waals surface area (Å²) in [5.41, 5.74) is 2.29. The van der Waals surface area contributed by atoms with E-state index < -0.39 is 0 Å². The molecule has 2 aromatic carbocycles. The Bertz CT molecular complexity index is 1290. The van der Waals surface area contributed by atoms with E-state index in [4.69, 9.17) is 9.72 Å². The Morgan fingerprint density at radius 2 is 1.76 bits per heavy atom. The highest BCUT2D eigenvalue weighted by Gasteiger charge is 2.28. The number of fused-ring (bicyclic) bond motifs is 1. The summed E-state index contributed by atoms with van der Waals surface area (Å²) in [6.07, 6.45) is 2.80. The zero-order valence-electron chi connectivity index (χ0n) is 17.8. The minimum atomic E-state index is -0.161. The average Bonchev–Trinajstić information content (AvgIpc) is 2.83. The van der Waals surface area contributed by atoms with Gasteiger partial charge in [0.2, 0.25) is 5.91 Å². The van der Waals surface area contributed by atoms with E-state index >= 15 is 0 Å². The summed E-state index contributed by atoms with van der Waals surface area (Å²) in [5.74, 6) is 2.81. The molecule has 1 saturated heterocycles. The Hall–Kier alpha value is -4.46. The van der Waals surface area contributed by atoms with Crippen LogP contribution < -0.4 is 20.3 Å². The number of rotatable bonds is 7. The summed E-state index contributed by atoms with van der Waals surface area (Å²) < 4.78 is 5.85. The van der Waals surface area contributed by atoms with Crippen molar-refractivity contribution in [2.75, 3.05) is 23.3 Å². The molecule has 2 N–H and O–H groups in total. The maximum absolute atomic E-state index is 11.5. The first-order valence-corrected chi connectivity index (χ1v) is 10.6. The SMILES string of the molecule is C=CC(=O)NC1CN(c2ccc3ncnc(Nc4ccc(Oc5ccccc5)cc4)c3n2)C1. The third kappa shape index (κ3) is 4.59. The number of hydrogen-bond donors (Lipinski definition) is 2. The maximum atomic E-state index is 11.5. The number of benzene rings is 2. The molecule has 0 radical (unpaired) electrons. The highest BCUT2D eigenvalue weighted by Crippen LogP contribution is 2.28. The Morgan fingerprint density at radius 1 is 1.00 bits per heavy atom. The lowest BCUT2D eigenvalue weighted by Gasteiger charge is -2.40. The number of ether oxygens (including phenoxy) is 1. The van der Waals surface area contributed by atoms with Crippen LogP contribution in [0.25, 0.3) is 11.0 Å². The van der Waals surface area contributed by atoms with Crippen molar-refractivity contribution in [3.63, 3.8) is 0 Å². The molecule has 1 fully saturated rings. The second kappa shape index (κ2) is 8.96. The molecule has 1 aliphatic rings. The normalized spacial score (nSPS) is 13.3. The van der Waals surface area contributed by atoms with Gasteiger partial charge in [-0.25, -0.2) is 15.0 Å². The van der Waals surface area contributed by atoms with Gasteiger partial charge in [0.25, 0.3) is 0 Å². The molecule has 0 aliphatic carbocycles. The zero-order valence-corrected chi connectivity index (χ0v) is 17.8. The Kier molecular flexibility index (Phi) is 5.55. The van der Waals surface area contributed by atoms with Crippen molar-refractivity contribution in [2.24, 2.45) is 0 Å². The number of carbonyl (C=O) groups is 1. The van der Waals surface area contributed by atoms with Crippen LogP contribution in [0.3, 0.4) is 0 Å². The number of amides is 1. The Morgan fingerprint density at radius 3 is 2.52 bits per heavy atom. The highest BCUT2D eigenvalue weighted by atomic mass is 16.5. The fourth-order valence-corrected chi connectivity index (χ4v) is 3.58. The topological polar surface area (TPSA) is 92.3 Å². The second-order valence-electron chi connectivity index (χ2n) is 7.64. The number of hydrogen-bond acceptors (Lipinski definition) is 7. The second-order valence-corrected chi connectivity index (χ2v) is 7.64. The molecule has 0 bridgehead atoms. The first-order valence-electron chi connectivity index (χ1n) is 10.6. The summed E-state index contributed by atoms with van der Waals surface area (Å²) in [4.78, 5) is 27.1. The summed E-state index contributed by atoms with van der Waals surface area (Å²) in [6, 6.07) is 21.3. The fraction of sp³-hybridized carbons (Fsp3) is 0.120. The van der Waals surface area contributed by atoms with Crippen molar-refractivity contribution in [1.29, 1.82) is 0 Å². The number of nitrogens with one attached hydrogen (secondary N) is 2. The van der Waals surface area contributed by atoms with Crippen LogP contribution in [0.4, 0.5) is 17.3 Å². The van der Waals surface area contributed by atoms with Crippen molar-refractivity contribution in [2.45, 2.75) is 6.04 Å². The van der Waals surface area contributed by atoms with Gasteiger partial charge < -0.3 is 20.3 Å². The smallest absolute Gasteiger partial charge is 0.243 e. The zero-order chi connectivity index (χ0) is 22.6. The molecule has 0 unspecified atom stereocenters. The first-order chi connectivity index (χ1) is 16.2. The molecule has 1 aliphatic heterocycles. The summed E-state index contributed by atoms with van der Waals surface area (Å²) in [6.45, 7) is 4.87. The van der Waals surface area contributed by atoms with Crippen molar-refractivity contribution < 1.29 is 9.53 Å². The molecule has 4 aromatic rings. The predicted octanol–water partition coefficient (Wildman–Crippen LogP) is 4.05. The predicted molar refractivity (Wildman–Crippen MR) is 128 cm³/mol. The van der Waals surface area contributed by atoms with E-state index in [2.05, 4.69) is 32.1 Å². The third-order valence-corrected chi connectivity index (χ3v) is 5.30. The van der Waals surface area contributed by atoms with Crippen LogP contribution in [0.2, 0.25) is 0 Å². The van der Waals surface area contributed by atoms with Crippen LogP contribution >= 0.6 is 0 Å². The van der Waals surface area contributed by atoms with E-state index in [1.165, 1.54) is 12.4 Å². The molecule has 3 heterocycles. The molecule has 5 rings (SSSR count). The minimum absolute atomic E-state index is 0.0919. The van der Waals surface area contributed by atoms with Gasteiger partial charge in [-0.1, -0.05) is 24.8 Å². The molecular weight excluding hydrogens is 416 g/mol. The number of nitrogens with zero attached hydrogens (tertiary/aromatic N) is 4. The lowest BCUT2D eigenvalue weighted by atomic mass is 10.1. The van der Waals surface area contributed by atoms with Gasteiger partial charge in [-0.2, -0.15) is 0 Å². The Balaban J connectivity index is 1.31. The largest absolute Gasteiger partial charge is 0.457 e. The molecule has 33 heavy (non-hydrogen) atoms. The van der Waals surface area contributed by atoms with Crippen LogP contribution in [-0.2, 0) is 4.79 Å². The van der Waals surface area contributed by atoms with Crippen LogP contribution in [0.5, 0.6) is 11.5 Å². The van der Waals surface area contributed by atoms with Crippen molar-refractivity contribution in [1.82, 2.24) is 20.3 Å². The van der Waals surface area contributed by atoms with Gasteiger partial charge in [-0.3, -0.25) is 4.79 Å². The van der Waals surface area contributed by atoms with Gasteiger partial charge in [0.1, 0.15) is 29.2 Å². The number of pyridine rings is 1. The van der Waals surface area contributed by atoms with Gasteiger partial charge in [0.05, 0.1) is 11.6 Å². The lowest BCUT2D eigenvalue weighted by molar-refractivity contribution is -0.117. The molecule has 8 nitrogen and oxygen atoms in total. The van der Waals surface area contributed by atoms with Gasteiger partial charge in [-0.15, -0.1) is 0 Å². The van der Waals surface area contributed by atoms with Crippen LogP contribution in [0.1, 0.15) is 0 Å². The van der Waals surface area contributed by atoms with Crippen molar-refractivity contribution in [3.8, 4) is 11.5 Å². The quantitative estimate of drug-likeness (QED) is 0.421. The van der Waals surface area contributed by atoms with E-state index in [1.807, 2.05) is 66.7 Å². The molecular formula is C25H22N6O2. The van der Waals surface area contributed by atoms with E-state index in [0.29, 0.717) is 24.4 Å². The van der Waals surface area contributed by atoms with Crippen LogP contribution in [0.15, 0.2) is 85.7 Å². The number of anilines is 3. The van der Waals surface area contributed by atoms with Crippen molar-refractivity contribution >= 4 is 34.3 Å². The first kappa shape index (κ1) is 20.4. The monoisotopic (exact) mass is 438 g/mol. The molecule has 2 aromatic heterocycles. The fourth-order valence-electron chi connectivity index (χ4n) is 3.58. The van der Waals surface area contributed by atoms with E-state index in [-0.39, 0.29) is 11.9 Å². The number of aromatic nitrogens is 3. The third-order valence-electron chi connectivity index (χ3n) is 5.30. The average molecular weight is 438 g/mol. The maximum Gasteiger partial charge on any atom is 0.243 e. The van der Waals surface area contributed by atoms with Crippen molar-refractivity contribution in [3.05, 3.63) is 85.7 Å². The van der Waals surface area contributed by atoms with Gasteiger partial charge >= 0.3 is 0 Å². The number of carbonyl (C=O) groups excluding carboxylic acids is 1. The Labute approximate surface area is 191 Å². The molecule has 0 atom stereocenters. The summed E-state index contributed by atoms with van der Waals surface area (Å²) in [5, 5.41) is 6.22. The summed E-state index contributed by atoms with van der Waals surface area (Å²) in [7, 11) is 0. The molecule has 0 saturated carbocycles. The minimum Gasteiger partial charge on any atom is -0.457 e. The standard InChI is InChI=1S/C25H22N6O2/c1-2-23(32)28-18-14-31(15-18)22-13-12-21-24(30-22)25(27-16-26-21)29-17-8-10-20(11-9-17)33-19-6-4-3-5-7-19/h2-13,16,18H,1,14-15H2,(H,28,32)(H,26,27,29). The molecule has 0 spiro atoms. The van der Waals surface area contributed by atoms with Crippen LogP contribution in [-0.4, -0.2) is 40.0 Å². The number of para-hydroxylation sites is 1.